The van der Waals surface area contributed by atoms with Crippen LogP contribution in [-0.2, 0) is 36.3 Å². The maximum atomic E-state index is 2.75. The van der Waals surface area contributed by atoms with E-state index in [2.05, 4.69) is 162 Å². The lowest BCUT2D eigenvalue weighted by molar-refractivity contribution is -0.765. The van der Waals surface area contributed by atoms with Gasteiger partial charge in [-0.15, -0.1) is 0 Å². The molecule has 7 rings (SSSR count). The van der Waals surface area contributed by atoms with Crippen molar-refractivity contribution in [2.75, 3.05) is 19.0 Å². The third-order valence-electron chi connectivity index (χ3n) is 12.8. The smallest absolute Gasteiger partial charge is 0.221 e. The third-order valence-corrected chi connectivity index (χ3v) is 12.8. The van der Waals surface area contributed by atoms with Crippen molar-refractivity contribution in [3.63, 3.8) is 0 Å². The minimum Gasteiger partial charge on any atom is -0.378 e. The molecule has 48 heavy (non-hydrogen) atoms. The first-order valence-corrected chi connectivity index (χ1v) is 18.4. The lowest BCUT2D eigenvalue weighted by atomic mass is 9.54. The van der Waals surface area contributed by atoms with Crippen LogP contribution in [0.4, 0.5) is 5.69 Å². The Hall–Kier alpha value is -3.98. The molecule has 0 amide bonds. The number of unbranched alkanes of at least 4 members (excludes halogenated alkanes) is 1. The first kappa shape index (κ1) is 32.6. The van der Waals surface area contributed by atoms with Crippen LogP contribution in [-0.4, -0.2) is 14.1 Å². The van der Waals surface area contributed by atoms with E-state index in [1.54, 1.807) is 5.56 Å². The Morgan fingerprint density at radius 2 is 1.50 bits per heavy atom. The average molecular weight is 638 g/mol. The normalized spacial score (nSPS) is 20.3. The summed E-state index contributed by atoms with van der Waals surface area (Å²) >= 11 is 0. The van der Waals surface area contributed by atoms with Crippen LogP contribution >= 0.6 is 0 Å². The molecule has 0 saturated carbocycles. The molecule has 2 aromatic heterocycles. The van der Waals surface area contributed by atoms with E-state index in [-0.39, 0.29) is 16.4 Å². The van der Waals surface area contributed by atoms with E-state index >= 15 is 0 Å². The summed E-state index contributed by atoms with van der Waals surface area (Å²) in [6, 6.07) is 28.3. The lowest BCUT2D eigenvalue weighted by Crippen LogP contribution is -2.69. The summed E-state index contributed by atoms with van der Waals surface area (Å²) in [4.78, 5) is 2.22. The summed E-state index contributed by atoms with van der Waals surface area (Å²) in [5, 5.41) is 2.96. The predicted octanol–water partition coefficient (Wildman–Crippen LogP) is 9.75. The van der Waals surface area contributed by atoms with Crippen molar-refractivity contribution in [1.82, 2.24) is 0 Å². The van der Waals surface area contributed by atoms with Crippen LogP contribution in [0.1, 0.15) is 101 Å². The molecule has 248 valence electrons. The molecule has 5 aromatic rings. The van der Waals surface area contributed by atoms with Crippen LogP contribution in [0, 0.1) is 0 Å². The molecule has 3 nitrogen and oxygen atoms in total. The highest BCUT2D eigenvalue weighted by Crippen LogP contribution is 2.58. The minimum absolute atomic E-state index is 0.0395. The van der Waals surface area contributed by atoms with Gasteiger partial charge in [0.1, 0.15) is 7.05 Å². The van der Waals surface area contributed by atoms with Gasteiger partial charge in [-0.05, 0) is 83.5 Å². The summed E-state index contributed by atoms with van der Waals surface area (Å²) < 4.78 is 5.02. The summed E-state index contributed by atoms with van der Waals surface area (Å²) in [5.41, 5.74) is 14.1. The number of pyridine rings is 2. The zero-order chi connectivity index (χ0) is 34.0. The quantitative estimate of drug-likeness (QED) is 0.139. The molecular weight excluding hydrogens is 583 g/mol. The van der Waals surface area contributed by atoms with E-state index in [1.807, 2.05) is 0 Å². The van der Waals surface area contributed by atoms with Gasteiger partial charge in [-0.1, -0.05) is 77.4 Å². The molecule has 0 radical (unpaired) electrons. The number of aryl methyl sites for hydroxylation is 3. The maximum absolute atomic E-state index is 2.75. The van der Waals surface area contributed by atoms with Gasteiger partial charge >= 0.3 is 0 Å². The van der Waals surface area contributed by atoms with E-state index in [1.165, 1.54) is 74.1 Å². The van der Waals surface area contributed by atoms with E-state index in [0.29, 0.717) is 0 Å². The van der Waals surface area contributed by atoms with Crippen molar-refractivity contribution in [3.8, 4) is 22.5 Å². The van der Waals surface area contributed by atoms with Crippen LogP contribution in [0.2, 0.25) is 0 Å². The molecule has 2 aliphatic rings. The number of benzene rings is 3. The second-order valence-corrected chi connectivity index (χ2v) is 15.5. The van der Waals surface area contributed by atoms with Crippen molar-refractivity contribution < 1.29 is 9.13 Å². The highest BCUT2D eigenvalue weighted by Gasteiger charge is 2.60. The van der Waals surface area contributed by atoms with E-state index in [4.69, 9.17) is 0 Å². The molecule has 1 aliphatic carbocycles. The van der Waals surface area contributed by atoms with Crippen molar-refractivity contribution in [3.05, 3.63) is 113 Å². The van der Waals surface area contributed by atoms with Crippen LogP contribution in [0.25, 0.3) is 33.3 Å². The van der Waals surface area contributed by atoms with Gasteiger partial charge in [0.25, 0.3) is 0 Å². The standard InChI is InChI=1S/C45H55N3/c1-10-13-17-31-22-24-37-40-34(31)26-29-48-42(40)41-36(43(37,4)5)18-16-19-38(41)45(12-3,44(48,6)11-2)27-25-32-21-23-33(46(7)8)30-35(32)39-20-14-15-28-47(39)9/h14-16,18-24,26,28-30H,10-13,17,25,27H2,1-9H3/q+2. The summed E-state index contributed by atoms with van der Waals surface area (Å²) in [7, 11) is 6.45. The second-order valence-electron chi connectivity index (χ2n) is 15.5. The van der Waals surface area contributed by atoms with E-state index < -0.39 is 0 Å². The van der Waals surface area contributed by atoms with Gasteiger partial charge in [-0.2, -0.15) is 4.57 Å². The Morgan fingerprint density at radius 3 is 2.21 bits per heavy atom. The van der Waals surface area contributed by atoms with Gasteiger partial charge in [-0.25, -0.2) is 4.57 Å². The van der Waals surface area contributed by atoms with Gasteiger partial charge < -0.3 is 4.90 Å². The Bertz CT molecular complexity index is 2030. The molecule has 2 unspecified atom stereocenters. The van der Waals surface area contributed by atoms with Crippen molar-refractivity contribution >= 4 is 16.5 Å². The monoisotopic (exact) mass is 637 g/mol. The number of hydrogen-bond acceptors (Lipinski definition) is 1. The molecule has 3 heteroatoms. The van der Waals surface area contributed by atoms with Crippen LogP contribution in [0.3, 0.4) is 0 Å². The molecule has 0 spiro atoms. The first-order valence-electron chi connectivity index (χ1n) is 18.4. The van der Waals surface area contributed by atoms with Gasteiger partial charge in [0.2, 0.25) is 11.4 Å². The lowest BCUT2D eigenvalue weighted by Gasteiger charge is -2.51. The van der Waals surface area contributed by atoms with E-state index in [9.17, 15) is 0 Å². The van der Waals surface area contributed by atoms with E-state index in [0.717, 1.165) is 32.1 Å². The zero-order valence-corrected chi connectivity index (χ0v) is 30.9. The number of rotatable bonds is 10. The minimum atomic E-state index is -0.0871. The van der Waals surface area contributed by atoms with Crippen molar-refractivity contribution in [1.29, 1.82) is 0 Å². The molecule has 3 aromatic carbocycles. The maximum Gasteiger partial charge on any atom is 0.221 e. The molecule has 0 N–H and O–H groups in total. The molecular formula is C45H55N3+2. The fourth-order valence-corrected chi connectivity index (χ4v) is 9.72. The number of aromatic nitrogens is 2. The third kappa shape index (κ3) is 4.52. The molecule has 2 atom stereocenters. The van der Waals surface area contributed by atoms with Crippen molar-refractivity contribution in [2.24, 2.45) is 7.05 Å². The molecule has 0 bridgehead atoms. The Labute approximate surface area is 289 Å². The van der Waals surface area contributed by atoms with Crippen LogP contribution in [0.15, 0.2) is 85.2 Å². The average Bonchev–Trinajstić information content (AvgIpc) is 3.09. The second kappa shape index (κ2) is 11.9. The summed E-state index contributed by atoms with van der Waals surface area (Å²) in [6.45, 7) is 14.7. The van der Waals surface area contributed by atoms with Gasteiger partial charge in [0.15, 0.2) is 17.9 Å². The molecule has 3 heterocycles. The fraction of sp³-hybridized carbons (Fsp3) is 0.422. The topological polar surface area (TPSA) is 11.0 Å². The largest absolute Gasteiger partial charge is 0.378 e. The van der Waals surface area contributed by atoms with Crippen molar-refractivity contribution in [2.45, 2.75) is 103 Å². The van der Waals surface area contributed by atoms with Crippen LogP contribution < -0.4 is 14.0 Å². The Kier molecular flexibility index (Phi) is 8.05. The highest BCUT2D eigenvalue weighted by molar-refractivity contribution is 6.02. The summed E-state index contributed by atoms with van der Waals surface area (Å²) in [6.07, 6.45) is 12.5. The Morgan fingerprint density at radius 1 is 0.729 bits per heavy atom. The SMILES string of the molecule is CCCCc1ccc2c3c4[n+](ccc13)C(C)(CC)C(CC)(CCc1ccc(N(C)C)cc1-c1cccc[n+]1C)c1cccc(c1-4)C2(C)C. The van der Waals surface area contributed by atoms with Gasteiger partial charge in [0.05, 0.1) is 21.9 Å². The predicted molar refractivity (Wildman–Crippen MR) is 202 cm³/mol. The number of anilines is 1. The molecule has 0 saturated heterocycles. The zero-order valence-electron chi connectivity index (χ0n) is 30.9. The highest BCUT2D eigenvalue weighted by atomic mass is 15.1. The number of hydrogen-bond donors (Lipinski definition) is 0. The van der Waals surface area contributed by atoms with Crippen LogP contribution in [0.5, 0.6) is 0 Å². The molecule has 0 fully saturated rings. The Balaban J connectivity index is 1.45. The van der Waals surface area contributed by atoms with Gasteiger partial charge in [0, 0.05) is 56.7 Å². The number of nitrogens with zero attached hydrogens (tertiary/aromatic N) is 3. The first-order chi connectivity index (χ1) is 23.0. The van der Waals surface area contributed by atoms with Gasteiger partial charge in [-0.3, -0.25) is 0 Å². The molecule has 1 aliphatic heterocycles. The fourth-order valence-electron chi connectivity index (χ4n) is 9.72. The summed E-state index contributed by atoms with van der Waals surface area (Å²) in [5.74, 6) is 0.